The van der Waals surface area contributed by atoms with Crippen molar-refractivity contribution in [1.29, 1.82) is 0 Å². The molecule has 0 saturated heterocycles. The number of aromatic nitrogens is 2. The van der Waals surface area contributed by atoms with Crippen LogP contribution in [0.1, 0.15) is 19.2 Å². The molecule has 108 valence electrons. The summed E-state index contributed by atoms with van der Waals surface area (Å²) >= 11 is 0. The van der Waals surface area contributed by atoms with Crippen LogP contribution in [-0.2, 0) is 27.7 Å². The Bertz CT molecular complexity index is 512. The summed E-state index contributed by atoms with van der Waals surface area (Å²) in [5.74, 6) is 1.36. The van der Waals surface area contributed by atoms with Gasteiger partial charge in [0.2, 0.25) is 10.0 Å². The smallest absolute Gasteiger partial charge is 0.216 e. The van der Waals surface area contributed by atoms with Gasteiger partial charge >= 0.3 is 0 Å². The van der Waals surface area contributed by atoms with Crippen LogP contribution in [0.25, 0.3) is 0 Å². The topological polar surface area (TPSA) is 73.2 Å². The molecule has 2 atom stereocenters. The van der Waals surface area contributed by atoms with E-state index in [-0.39, 0.29) is 6.61 Å². The second kappa shape index (κ2) is 6.02. The molecule has 1 aliphatic heterocycles. The van der Waals surface area contributed by atoms with E-state index in [0.29, 0.717) is 12.5 Å². The fraction of sp³-hybridized carbons (Fsp3) is 0.750. The van der Waals surface area contributed by atoms with Gasteiger partial charge in [-0.2, -0.15) is 0 Å². The number of sulfonamides is 1. The highest BCUT2D eigenvalue weighted by atomic mass is 32.2. The molecule has 1 aromatic rings. The van der Waals surface area contributed by atoms with Crippen LogP contribution in [0.15, 0.2) is 12.4 Å². The number of imidazole rings is 1. The van der Waals surface area contributed by atoms with E-state index < -0.39 is 15.3 Å². The van der Waals surface area contributed by atoms with E-state index in [1.807, 2.05) is 6.20 Å². The SMILES string of the molecule is COCC(C)S(=O)(=O)NCC1CCn2ccnc2C1. The summed E-state index contributed by atoms with van der Waals surface area (Å²) in [5.41, 5.74) is 0. The summed E-state index contributed by atoms with van der Waals surface area (Å²) in [6, 6.07) is 0. The first kappa shape index (κ1) is 14.5. The number of methoxy groups -OCH3 is 1. The van der Waals surface area contributed by atoms with Crippen LogP contribution in [0.5, 0.6) is 0 Å². The van der Waals surface area contributed by atoms with Gasteiger partial charge in [0.15, 0.2) is 0 Å². The first-order valence-electron chi connectivity index (χ1n) is 6.50. The normalized spacial score (nSPS) is 21.1. The molecule has 2 heterocycles. The van der Waals surface area contributed by atoms with Crippen molar-refractivity contribution in [3.63, 3.8) is 0 Å². The van der Waals surface area contributed by atoms with Crippen molar-refractivity contribution in [1.82, 2.24) is 14.3 Å². The quantitative estimate of drug-likeness (QED) is 0.822. The predicted octanol–water partition coefficient (Wildman–Crippen LogP) is 0.400. The molecule has 0 fully saturated rings. The highest BCUT2D eigenvalue weighted by molar-refractivity contribution is 7.90. The zero-order valence-corrected chi connectivity index (χ0v) is 12.2. The van der Waals surface area contributed by atoms with E-state index in [1.165, 1.54) is 7.11 Å². The maximum atomic E-state index is 11.9. The van der Waals surface area contributed by atoms with Crippen molar-refractivity contribution in [2.75, 3.05) is 20.3 Å². The van der Waals surface area contributed by atoms with Crippen LogP contribution in [0, 0.1) is 5.92 Å². The van der Waals surface area contributed by atoms with Crippen molar-refractivity contribution < 1.29 is 13.2 Å². The van der Waals surface area contributed by atoms with E-state index in [1.54, 1.807) is 13.1 Å². The van der Waals surface area contributed by atoms with Crippen molar-refractivity contribution in [2.45, 2.75) is 31.6 Å². The lowest BCUT2D eigenvalue weighted by atomic mass is 9.98. The minimum absolute atomic E-state index is 0.213. The fourth-order valence-electron chi connectivity index (χ4n) is 2.29. The lowest BCUT2D eigenvalue weighted by Gasteiger charge is -2.24. The van der Waals surface area contributed by atoms with Gasteiger partial charge in [0.05, 0.1) is 11.9 Å². The average Bonchev–Trinajstić information content (AvgIpc) is 2.84. The number of nitrogens with one attached hydrogen (secondary N) is 1. The van der Waals surface area contributed by atoms with E-state index in [2.05, 4.69) is 14.3 Å². The highest BCUT2D eigenvalue weighted by Gasteiger charge is 2.24. The molecule has 0 aliphatic carbocycles. The molecule has 0 spiro atoms. The molecule has 0 saturated carbocycles. The van der Waals surface area contributed by atoms with Crippen LogP contribution in [0.4, 0.5) is 0 Å². The first-order chi connectivity index (χ1) is 9.03. The molecule has 1 N–H and O–H groups in total. The number of ether oxygens (including phenoxy) is 1. The lowest BCUT2D eigenvalue weighted by molar-refractivity contribution is 0.200. The van der Waals surface area contributed by atoms with Crippen LogP contribution in [0.3, 0.4) is 0 Å². The van der Waals surface area contributed by atoms with E-state index in [4.69, 9.17) is 4.74 Å². The number of hydrogen-bond donors (Lipinski definition) is 1. The molecule has 19 heavy (non-hydrogen) atoms. The van der Waals surface area contributed by atoms with Crippen LogP contribution in [0.2, 0.25) is 0 Å². The van der Waals surface area contributed by atoms with Crippen molar-refractivity contribution in [2.24, 2.45) is 5.92 Å². The predicted molar refractivity (Wildman–Crippen MR) is 72.3 cm³/mol. The summed E-state index contributed by atoms with van der Waals surface area (Å²) in [5, 5.41) is -0.525. The molecular weight excluding hydrogens is 266 g/mol. The van der Waals surface area contributed by atoms with Crippen LogP contribution < -0.4 is 4.72 Å². The van der Waals surface area contributed by atoms with Gasteiger partial charge in [0.25, 0.3) is 0 Å². The zero-order valence-electron chi connectivity index (χ0n) is 11.4. The van der Waals surface area contributed by atoms with Gasteiger partial charge in [0.1, 0.15) is 5.82 Å². The van der Waals surface area contributed by atoms with Crippen molar-refractivity contribution in [3.05, 3.63) is 18.2 Å². The Morgan fingerprint density at radius 3 is 3.16 bits per heavy atom. The second-order valence-electron chi connectivity index (χ2n) is 5.06. The molecule has 0 radical (unpaired) electrons. The number of aryl methyl sites for hydroxylation is 1. The van der Waals surface area contributed by atoms with Gasteiger partial charge in [-0.3, -0.25) is 0 Å². The zero-order chi connectivity index (χ0) is 13.9. The average molecular weight is 287 g/mol. The molecule has 0 bridgehead atoms. The number of hydrogen-bond acceptors (Lipinski definition) is 4. The first-order valence-corrected chi connectivity index (χ1v) is 8.05. The Labute approximate surface area is 114 Å². The molecule has 1 aliphatic rings. The monoisotopic (exact) mass is 287 g/mol. The van der Waals surface area contributed by atoms with E-state index in [9.17, 15) is 8.42 Å². The Balaban J connectivity index is 1.87. The molecule has 6 nitrogen and oxygen atoms in total. The van der Waals surface area contributed by atoms with E-state index >= 15 is 0 Å². The number of fused-ring (bicyclic) bond motifs is 1. The van der Waals surface area contributed by atoms with Crippen molar-refractivity contribution >= 4 is 10.0 Å². The number of nitrogens with zero attached hydrogens (tertiary/aromatic N) is 2. The molecular formula is C12H21N3O3S. The third-order valence-corrected chi connectivity index (χ3v) is 5.32. The molecule has 0 amide bonds. The summed E-state index contributed by atoms with van der Waals surface area (Å²) < 4.78 is 33.6. The summed E-state index contributed by atoms with van der Waals surface area (Å²) in [7, 11) is -1.78. The maximum Gasteiger partial charge on any atom is 0.216 e. The van der Waals surface area contributed by atoms with Gasteiger partial charge < -0.3 is 9.30 Å². The van der Waals surface area contributed by atoms with Gasteiger partial charge in [-0.15, -0.1) is 0 Å². The maximum absolute atomic E-state index is 11.9. The largest absolute Gasteiger partial charge is 0.383 e. The minimum Gasteiger partial charge on any atom is -0.383 e. The molecule has 0 aromatic carbocycles. The van der Waals surface area contributed by atoms with Crippen LogP contribution >= 0.6 is 0 Å². The summed E-state index contributed by atoms with van der Waals surface area (Å²) in [6.45, 7) is 3.25. The minimum atomic E-state index is -3.29. The molecule has 7 heteroatoms. The fourth-order valence-corrected chi connectivity index (χ4v) is 3.36. The lowest BCUT2D eigenvalue weighted by Crippen LogP contribution is -2.39. The van der Waals surface area contributed by atoms with Gasteiger partial charge in [-0.25, -0.2) is 18.1 Å². The third kappa shape index (κ3) is 3.55. The molecule has 2 rings (SSSR count). The third-order valence-electron chi connectivity index (χ3n) is 3.56. The van der Waals surface area contributed by atoms with Gasteiger partial charge in [0, 0.05) is 39.0 Å². The molecule has 2 unspecified atom stereocenters. The Morgan fingerprint density at radius 1 is 1.63 bits per heavy atom. The number of rotatable bonds is 6. The van der Waals surface area contributed by atoms with Crippen molar-refractivity contribution in [3.8, 4) is 0 Å². The summed E-state index contributed by atoms with van der Waals surface area (Å²) in [4.78, 5) is 4.28. The van der Waals surface area contributed by atoms with Gasteiger partial charge in [-0.1, -0.05) is 0 Å². The second-order valence-corrected chi connectivity index (χ2v) is 7.24. The Hall–Kier alpha value is -0.920. The highest BCUT2D eigenvalue weighted by Crippen LogP contribution is 2.18. The Kier molecular flexibility index (Phi) is 4.59. The Morgan fingerprint density at radius 2 is 2.42 bits per heavy atom. The molecule has 1 aromatic heterocycles. The van der Waals surface area contributed by atoms with E-state index in [0.717, 1.165) is 25.2 Å². The van der Waals surface area contributed by atoms with Gasteiger partial charge in [-0.05, 0) is 19.3 Å². The summed E-state index contributed by atoms with van der Waals surface area (Å²) in [6.07, 6.45) is 5.57. The standard InChI is InChI=1S/C12H21N3O3S/c1-10(9-18-2)19(16,17)14-8-11-3-5-15-6-4-13-12(15)7-11/h4,6,10-11,14H,3,5,7-9H2,1-2H3. The van der Waals surface area contributed by atoms with Crippen LogP contribution in [-0.4, -0.2) is 43.5 Å².